The van der Waals surface area contributed by atoms with Crippen molar-refractivity contribution in [1.29, 1.82) is 0 Å². The number of rotatable bonds is 4. The zero-order valence-electron chi connectivity index (χ0n) is 12.4. The van der Waals surface area contributed by atoms with Gasteiger partial charge in [-0.2, -0.15) is 0 Å². The summed E-state index contributed by atoms with van der Waals surface area (Å²) >= 11 is 0. The Morgan fingerprint density at radius 2 is 2.20 bits per heavy atom. The van der Waals surface area contributed by atoms with Crippen LogP contribution in [0.2, 0.25) is 0 Å². The van der Waals surface area contributed by atoms with Crippen molar-refractivity contribution < 1.29 is 9.32 Å². The molecular weight excluding hydrogens is 254 g/mol. The van der Waals surface area contributed by atoms with Gasteiger partial charge in [-0.3, -0.25) is 9.69 Å². The molecule has 1 amide bonds. The van der Waals surface area contributed by atoms with Crippen molar-refractivity contribution in [3.63, 3.8) is 0 Å². The van der Waals surface area contributed by atoms with E-state index in [1.54, 1.807) is 6.07 Å². The molecule has 1 aromatic rings. The third-order valence-electron chi connectivity index (χ3n) is 4.43. The molecule has 1 saturated carbocycles. The fraction of sp³-hybridized carbons (Fsp3) is 0.733. The summed E-state index contributed by atoms with van der Waals surface area (Å²) in [6.45, 7) is 8.52. The molecule has 0 spiro atoms. The largest absolute Gasteiger partial charge is 0.360 e. The minimum absolute atomic E-state index is 0.108. The molecule has 5 nitrogen and oxygen atoms in total. The summed E-state index contributed by atoms with van der Waals surface area (Å²) in [5.41, 5.74) is 0.419. The molecule has 1 aliphatic heterocycles. The topological polar surface area (TPSA) is 58.4 Å². The molecule has 110 valence electrons. The normalized spacial score (nSPS) is 27.2. The first kappa shape index (κ1) is 13.6. The van der Waals surface area contributed by atoms with E-state index in [1.807, 2.05) is 0 Å². The van der Waals surface area contributed by atoms with E-state index in [4.69, 9.17) is 4.52 Å². The van der Waals surface area contributed by atoms with E-state index in [9.17, 15) is 4.79 Å². The highest BCUT2D eigenvalue weighted by Gasteiger charge is 2.33. The first-order chi connectivity index (χ1) is 9.54. The maximum Gasteiger partial charge on any atom is 0.273 e. The summed E-state index contributed by atoms with van der Waals surface area (Å²) < 4.78 is 5.24. The summed E-state index contributed by atoms with van der Waals surface area (Å²) in [6.07, 6.45) is 2.30. The van der Waals surface area contributed by atoms with E-state index in [0.717, 1.165) is 31.7 Å². The lowest BCUT2D eigenvalue weighted by Gasteiger charge is -2.20. The van der Waals surface area contributed by atoms with Crippen LogP contribution in [-0.2, 0) is 0 Å². The first-order valence-corrected chi connectivity index (χ1v) is 7.56. The van der Waals surface area contributed by atoms with Crippen molar-refractivity contribution in [3.8, 4) is 0 Å². The molecule has 1 aromatic heterocycles. The van der Waals surface area contributed by atoms with Crippen LogP contribution in [0.1, 0.15) is 55.8 Å². The number of nitrogens with one attached hydrogen (secondary N) is 1. The summed E-state index contributed by atoms with van der Waals surface area (Å²) in [6, 6.07) is 2.52. The zero-order chi connectivity index (χ0) is 14.3. The van der Waals surface area contributed by atoms with Crippen molar-refractivity contribution in [2.24, 2.45) is 5.92 Å². The van der Waals surface area contributed by atoms with Gasteiger partial charge in [-0.05, 0) is 32.6 Å². The van der Waals surface area contributed by atoms with Gasteiger partial charge in [0.25, 0.3) is 5.91 Å². The Hall–Kier alpha value is -1.36. The Morgan fingerprint density at radius 1 is 1.45 bits per heavy atom. The lowest BCUT2D eigenvalue weighted by Crippen LogP contribution is -2.40. The van der Waals surface area contributed by atoms with Gasteiger partial charge in [0, 0.05) is 37.2 Å². The van der Waals surface area contributed by atoms with E-state index in [0.29, 0.717) is 23.6 Å². The van der Waals surface area contributed by atoms with E-state index >= 15 is 0 Å². The average Bonchev–Trinajstić information content (AvgIpc) is 3.01. The molecule has 3 rings (SSSR count). The van der Waals surface area contributed by atoms with Gasteiger partial charge in [-0.1, -0.05) is 12.1 Å². The lowest BCUT2D eigenvalue weighted by molar-refractivity contribution is 0.0921. The Morgan fingerprint density at radius 3 is 2.80 bits per heavy atom. The second-order valence-electron chi connectivity index (χ2n) is 6.49. The van der Waals surface area contributed by atoms with Crippen molar-refractivity contribution in [2.45, 2.75) is 51.6 Å². The molecule has 1 saturated heterocycles. The number of hydrogen-bond acceptors (Lipinski definition) is 4. The number of carbonyl (C=O) groups excluding carboxylic acids is 1. The number of hydrogen-bond donors (Lipinski definition) is 1. The van der Waals surface area contributed by atoms with Gasteiger partial charge in [-0.15, -0.1) is 0 Å². The van der Waals surface area contributed by atoms with Gasteiger partial charge in [0.1, 0.15) is 5.76 Å². The number of carbonyl (C=O) groups is 1. The highest BCUT2D eigenvalue weighted by atomic mass is 16.5. The van der Waals surface area contributed by atoms with Crippen LogP contribution < -0.4 is 5.32 Å². The van der Waals surface area contributed by atoms with Gasteiger partial charge in [0.15, 0.2) is 5.69 Å². The van der Waals surface area contributed by atoms with Crippen molar-refractivity contribution in [2.75, 3.05) is 13.1 Å². The van der Waals surface area contributed by atoms with Crippen LogP contribution in [0.15, 0.2) is 10.6 Å². The van der Waals surface area contributed by atoms with E-state index in [2.05, 4.69) is 36.1 Å². The second-order valence-corrected chi connectivity index (χ2v) is 6.49. The van der Waals surface area contributed by atoms with Crippen LogP contribution in [0.25, 0.3) is 0 Å². The summed E-state index contributed by atoms with van der Waals surface area (Å²) in [4.78, 5) is 14.6. The van der Waals surface area contributed by atoms with Gasteiger partial charge in [-0.25, -0.2) is 0 Å². The predicted molar refractivity (Wildman–Crippen MR) is 75.6 cm³/mol. The Kier molecular flexibility index (Phi) is 3.54. The lowest BCUT2D eigenvalue weighted by atomic mass is 10.1. The van der Waals surface area contributed by atoms with Crippen LogP contribution in [0.4, 0.5) is 0 Å². The predicted octanol–water partition coefficient (Wildman–Crippen LogP) is 2.01. The standard InChI is InChI=1S/C15H23N3O2/c1-9(2)18-7-10(3)13(8-18)16-15(19)12-6-14(20-17-12)11-4-5-11/h6,9-11,13H,4-5,7-8H2,1-3H3,(H,16,19)/t10-,13-/m0/s1. The monoisotopic (exact) mass is 277 g/mol. The van der Waals surface area contributed by atoms with Gasteiger partial charge >= 0.3 is 0 Å². The molecule has 1 aliphatic carbocycles. The van der Waals surface area contributed by atoms with Crippen LogP contribution in [0.3, 0.4) is 0 Å². The molecule has 0 aromatic carbocycles. The maximum absolute atomic E-state index is 12.2. The Bertz CT molecular complexity index is 493. The smallest absolute Gasteiger partial charge is 0.273 e. The van der Waals surface area contributed by atoms with Crippen LogP contribution in [0.5, 0.6) is 0 Å². The van der Waals surface area contributed by atoms with Crippen LogP contribution >= 0.6 is 0 Å². The molecular formula is C15H23N3O2. The molecule has 0 unspecified atom stereocenters. The highest BCUT2D eigenvalue weighted by Crippen LogP contribution is 2.40. The first-order valence-electron chi connectivity index (χ1n) is 7.56. The van der Waals surface area contributed by atoms with Gasteiger partial charge in [0.2, 0.25) is 0 Å². The van der Waals surface area contributed by atoms with E-state index in [-0.39, 0.29) is 11.9 Å². The Labute approximate surface area is 119 Å². The molecule has 20 heavy (non-hydrogen) atoms. The molecule has 2 atom stereocenters. The second kappa shape index (κ2) is 5.20. The summed E-state index contributed by atoms with van der Waals surface area (Å²) in [5.74, 6) is 1.71. The minimum Gasteiger partial charge on any atom is -0.360 e. The third-order valence-corrected chi connectivity index (χ3v) is 4.43. The number of aromatic nitrogens is 1. The molecule has 0 bridgehead atoms. The molecule has 2 aliphatic rings. The number of likely N-dealkylation sites (tertiary alicyclic amines) is 1. The van der Waals surface area contributed by atoms with Crippen molar-refractivity contribution >= 4 is 5.91 Å². The van der Waals surface area contributed by atoms with Crippen molar-refractivity contribution in [3.05, 3.63) is 17.5 Å². The number of nitrogens with zero attached hydrogens (tertiary/aromatic N) is 2. The zero-order valence-corrected chi connectivity index (χ0v) is 12.4. The van der Waals surface area contributed by atoms with Crippen molar-refractivity contribution in [1.82, 2.24) is 15.4 Å². The fourth-order valence-electron chi connectivity index (χ4n) is 2.81. The molecule has 0 radical (unpaired) electrons. The van der Waals surface area contributed by atoms with Gasteiger partial charge in [0.05, 0.1) is 0 Å². The fourth-order valence-corrected chi connectivity index (χ4v) is 2.81. The highest BCUT2D eigenvalue weighted by molar-refractivity contribution is 5.92. The van der Waals surface area contributed by atoms with E-state index < -0.39 is 0 Å². The summed E-state index contributed by atoms with van der Waals surface area (Å²) in [7, 11) is 0. The van der Waals surface area contributed by atoms with Crippen LogP contribution in [0, 0.1) is 5.92 Å². The van der Waals surface area contributed by atoms with Gasteiger partial charge < -0.3 is 9.84 Å². The maximum atomic E-state index is 12.2. The van der Waals surface area contributed by atoms with E-state index in [1.165, 1.54) is 0 Å². The third kappa shape index (κ3) is 2.73. The van der Waals surface area contributed by atoms with Crippen LogP contribution in [-0.4, -0.2) is 41.1 Å². The molecule has 1 N–H and O–H groups in total. The molecule has 2 heterocycles. The average molecular weight is 277 g/mol. The SMILES string of the molecule is CC(C)N1C[C@H](NC(=O)c2cc(C3CC3)on2)[C@@H](C)C1. The molecule has 2 fully saturated rings. The minimum atomic E-state index is -0.108. The molecule has 5 heteroatoms. The number of amides is 1. The quantitative estimate of drug-likeness (QED) is 0.914. The summed E-state index contributed by atoms with van der Waals surface area (Å²) in [5, 5.41) is 7.00. The Balaban J connectivity index is 1.60.